The van der Waals surface area contributed by atoms with Crippen LogP contribution in [0.15, 0.2) is 5.34 Å². The SMILES string of the molecule is O=N[O-].O=[N+]([O-])O.[Cl][Pt+2][Cl].[NH2-].[NH2-]. The Balaban J connectivity index is -0.0000000191. The van der Waals surface area contributed by atoms with Gasteiger partial charge in [0.25, 0.3) is 5.09 Å². The molecule has 0 amide bonds. The van der Waals surface area contributed by atoms with E-state index in [1.54, 1.807) is 0 Å². The van der Waals surface area contributed by atoms with Crippen molar-refractivity contribution in [3.05, 3.63) is 32.5 Å². The van der Waals surface area contributed by atoms with E-state index < -0.39 is 21.6 Å². The Labute approximate surface area is 83.6 Å². The summed E-state index contributed by atoms with van der Waals surface area (Å²) in [6.07, 6.45) is 0. The van der Waals surface area contributed by atoms with E-state index in [2.05, 4.69) is 0 Å². The maximum absolute atomic E-state index is 8.36. The number of rotatable bonds is 0. The zero-order valence-electron chi connectivity index (χ0n) is 5.20. The largest absolute Gasteiger partial charge is 0.693 e. The van der Waals surface area contributed by atoms with E-state index in [1.807, 2.05) is 0 Å². The van der Waals surface area contributed by atoms with E-state index in [1.165, 1.54) is 0 Å². The Bertz CT molecular complexity index is 77.8. The van der Waals surface area contributed by atoms with Crippen LogP contribution in [0.3, 0.4) is 0 Å². The van der Waals surface area contributed by atoms with Crippen molar-refractivity contribution >= 4 is 18.8 Å². The van der Waals surface area contributed by atoms with Gasteiger partial charge >= 0.3 is 35.3 Å². The van der Waals surface area contributed by atoms with Crippen molar-refractivity contribution in [2.75, 3.05) is 0 Å². The van der Waals surface area contributed by atoms with Gasteiger partial charge in [-0.15, -0.1) is 15.5 Å². The van der Waals surface area contributed by atoms with Crippen molar-refractivity contribution in [2.45, 2.75) is 0 Å². The monoisotopic (exact) mass is 406 g/mol. The molecule has 0 aromatic rings. The van der Waals surface area contributed by atoms with E-state index in [0.29, 0.717) is 0 Å². The van der Waals surface area contributed by atoms with Gasteiger partial charge in [0.2, 0.25) is 0 Å². The minimum Gasteiger partial charge on any atom is -0.693 e. The molecule has 12 heteroatoms. The van der Waals surface area contributed by atoms with Crippen molar-refractivity contribution in [2.24, 2.45) is 5.34 Å². The molecule has 0 aliphatic carbocycles. The molecule has 0 spiro atoms. The molecular weight excluding hydrogens is 402 g/mol. The molecule has 12 heavy (non-hydrogen) atoms. The molecule has 0 radical (unpaired) electrons. The third-order valence-electron chi connectivity index (χ3n) is 0. The molecule has 9 nitrogen and oxygen atoms in total. The van der Waals surface area contributed by atoms with E-state index in [-0.39, 0.29) is 12.3 Å². The van der Waals surface area contributed by atoms with Crippen LogP contribution in [0.1, 0.15) is 0 Å². The van der Waals surface area contributed by atoms with Crippen molar-refractivity contribution in [3.8, 4) is 0 Å². The smallest absolute Gasteiger partial charge is 0.693 e. The summed E-state index contributed by atoms with van der Waals surface area (Å²) in [6.45, 7) is 0. The van der Waals surface area contributed by atoms with E-state index >= 15 is 0 Å². The molecule has 0 heterocycles. The molecule has 0 saturated carbocycles. The predicted octanol–water partition coefficient (Wildman–Crippen LogP) is 2.71. The van der Waals surface area contributed by atoms with Gasteiger partial charge in [0.1, 0.15) is 0 Å². The third kappa shape index (κ3) is 16900. The second kappa shape index (κ2) is 45.1. The van der Waals surface area contributed by atoms with Crippen molar-refractivity contribution in [1.82, 2.24) is 0 Å². The van der Waals surface area contributed by atoms with Crippen LogP contribution < -0.4 is 0 Å². The van der Waals surface area contributed by atoms with Crippen LogP contribution in [-0.4, -0.2) is 10.3 Å². The van der Waals surface area contributed by atoms with Crippen LogP contribution in [0, 0.1) is 20.2 Å². The Hall–Kier alpha value is -0.212. The minimum atomic E-state index is -1.50. The molecular formula is H5Cl2N4O5Pt-. The molecule has 80 valence electrons. The first kappa shape index (κ1) is 29.8. The van der Waals surface area contributed by atoms with Crippen LogP contribution in [0.4, 0.5) is 0 Å². The van der Waals surface area contributed by atoms with Crippen LogP contribution in [0.5, 0.6) is 0 Å². The number of hydrogen-bond donors (Lipinski definition) is 1. The van der Waals surface area contributed by atoms with Crippen LogP contribution >= 0.6 is 18.8 Å². The van der Waals surface area contributed by atoms with Crippen molar-refractivity contribution < 1.29 is 26.8 Å². The predicted molar refractivity (Wildman–Crippen MR) is 40.2 cm³/mol. The standard InChI is InChI=1S/2ClH.HNO3.HNO2.2H2N.Pt/c;;2-1(3)4;2-1-3;;;/h2*1H;(H,2,3,4);(H,2,3);2*1H2;/q;;;;2*-1;+4/p-3. The molecule has 0 atom stereocenters. The topological polar surface area (TPSA) is 183 Å². The summed E-state index contributed by atoms with van der Waals surface area (Å²) < 4.78 is 0. The molecule has 0 bridgehead atoms. The zero-order valence-corrected chi connectivity index (χ0v) is 8.99. The molecule has 0 rings (SSSR count). The minimum absolute atomic E-state index is 0. The van der Waals surface area contributed by atoms with Gasteiger partial charge in [-0.1, -0.05) is 0 Å². The fourth-order valence-electron chi connectivity index (χ4n) is 0. The van der Waals surface area contributed by atoms with E-state index in [9.17, 15) is 0 Å². The number of nitrogens with zero attached hydrogens (tertiary/aromatic N) is 2. The van der Waals surface area contributed by atoms with Gasteiger partial charge in [0.15, 0.2) is 0 Å². The number of halogens is 2. The van der Waals surface area contributed by atoms with Gasteiger partial charge in [-0.25, -0.2) is 0 Å². The number of nitrogens with two attached hydrogens (primary N) is 2. The summed E-state index contributed by atoms with van der Waals surface area (Å²) in [6, 6.07) is 0. The fraction of sp³-hybridized carbons (Fsp3) is 0. The summed E-state index contributed by atoms with van der Waals surface area (Å²) in [5.74, 6) is 0. The van der Waals surface area contributed by atoms with Crippen LogP contribution in [-0.2, 0) is 16.5 Å². The second-order valence-electron chi connectivity index (χ2n) is 0.358. The Kier molecular flexibility index (Phi) is 112. The zero-order chi connectivity index (χ0) is 8.99. The summed E-state index contributed by atoms with van der Waals surface area (Å²) in [4.78, 5) is 16.4. The average Bonchev–Trinajstić information content (AvgIpc) is 1.65. The molecule has 0 saturated heterocycles. The molecule has 0 aliphatic rings. The maximum atomic E-state index is 8.36. The Morgan fingerprint density at radius 3 is 1.42 bits per heavy atom. The molecule has 0 unspecified atom stereocenters. The summed E-state index contributed by atoms with van der Waals surface area (Å²) in [7, 11) is 9.75. The Morgan fingerprint density at radius 2 is 1.42 bits per heavy atom. The molecule has 0 aromatic heterocycles. The van der Waals surface area contributed by atoms with Gasteiger partial charge in [0.05, 0.1) is 0 Å². The molecule has 0 fully saturated rings. The first-order valence-corrected chi connectivity index (χ1v) is 6.80. The van der Waals surface area contributed by atoms with Gasteiger partial charge in [-0.05, 0) is 0 Å². The van der Waals surface area contributed by atoms with Crippen LogP contribution in [0.25, 0.3) is 12.3 Å². The van der Waals surface area contributed by atoms with E-state index in [4.69, 9.17) is 44.3 Å². The van der Waals surface area contributed by atoms with Crippen LogP contribution in [0.2, 0.25) is 0 Å². The third-order valence-corrected chi connectivity index (χ3v) is 0. The van der Waals surface area contributed by atoms with Gasteiger partial charge in [-0.2, -0.15) is 0 Å². The van der Waals surface area contributed by atoms with Gasteiger partial charge in [0, 0.05) is 0 Å². The normalized spacial score (nSPS) is 4.83. The summed E-state index contributed by atoms with van der Waals surface area (Å²) in [5, 5.41) is 22.6. The maximum Gasteiger partial charge on any atom is -0.693 e. The first-order valence-electron chi connectivity index (χ1n) is 1.17. The summed E-state index contributed by atoms with van der Waals surface area (Å²) in [5.41, 5.74) is 0. The Morgan fingerprint density at radius 1 is 1.42 bits per heavy atom. The van der Waals surface area contributed by atoms with Gasteiger partial charge < -0.3 is 27.6 Å². The van der Waals surface area contributed by atoms with Crippen molar-refractivity contribution in [3.63, 3.8) is 0 Å². The average molecular weight is 407 g/mol. The molecule has 5 N–H and O–H groups in total. The molecule has 0 aliphatic heterocycles. The second-order valence-corrected chi connectivity index (χ2v) is 3.64. The van der Waals surface area contributed by atoms with E-state index in [0.717, 1.165) is 5.34 Å². The van der Waals surface area contributed by atoms with Crippen molar-refractivity contribution in [1.29, 1.82) is 0 Å². The van der Waals surface area contributed by atoms with Gasteiger partial charge in [-0.3, -0.25) is 0 Å². The number of hydrogen-bond acceptors (Lipinski definition) is 5. The molecule has 0 aromatic carbocycles. The first-order chi connectivity index (χ1) is 4.56. The quantitative estimate of drug-likeness (QED) is 0.367. The fourth-order valence-corrected chi connectivity index (χ4v) is 0. The summed E-state index contributed by atoms with van der Waals surface area (Å²) >= 11 is -0.472.